The fraction of sp³-hybridized carbons (Fsp3) is 0.250. The van der Waals surface area contributed by atoms with E-state index >= 15 is 0 Å². The van der Waals surface area contributed by atoms with E-state index in [0.717, 1.165) is 22.2 Å². The smallest absolute Gasteiger partial charge is 0.404 e. The fourth-order valence-electron chi connectivity index (χ4n) is 2.02. The van der Waals surface area contributed by atoms with Gasteiger partial charge in [-0.05, 0) is 31.0 Å². The number of aromatic nitrogens is 1. The molecule has 2 aromatic rings. The predicted octanol–water partition coefficient (Wildman–Crippen LogP) is 3.59. The Balaban J connectivity index is 2.37. The number of aryl methyl sites for hydroxylation is 1. The van der Waals surface area contributed by atoms with Gasteiger partial charge in [0.1, 0.15) is 0 Å². The molecule has 1 amide bonds. The quantitative estimate of drug-likeness (QED) is 0.807. The molecule has 0 radical (unpaired) electrons. The molecule has 2 rings (SSSR count). The molecular formula is C12H12Cl2N2O2. The first-order valence-corrected chi connectivity index (χ1v) is 6.17. The Morgan fingerprint density at radius 2 is 2.17 bits per heavy atom. The van der Waals surface area contributed by atoms with E-state index in [2.05, 4.69) is 10.3 Å². The van der Waals surface area contributed by atoms with Crippen LogP contribution in [0.25, 0.3) is 10.9 Å². The van der Waals surface area contributed by atoms with E-state index in [1.54, 1.807) is 6.07 Å². The van der Waals surface area contributed by atoms with Gasteiger partial charge < -0.3 is 15.4 Å². The first kappa shape index (κ1) is 13.1. The number of halogens is 2. The van der Waals surface area contributed by atoms with Crippen LogP contribution in [0.5, 0.6) is 0 Å². The molecule has 0 atom stereocenters. The molecule has 0 unspecified atom stereocenters. The van der Waals surface area contributed by atoms with Crippen molar-refractivity contribution in [2.24, 2.45) is 0 Å². The highest BCUT2D eigenvalue weighted by atomic mass is 35.5. The van der Waals surface area contributed by atoms with Gasteiger partial charge in [0.05, 0.1) is 10.5 Å². The lowest BCUT2D eigenvalue weighted by atomic mass is 10.1. The van der Waals surface area contributed by atoms with Crippen molar-refractivity contribution >= 4 is 40.2 Å². The number of aromatic amines is 1. The molecule has 4 nitrogen and oxygen atoms in total. The first-order chi connectivity index (χ1) is 8.49. The number of carbonyl (C=O) groups is 1. The van der Waals surface area contributed by atoms with Crippen LogP contribution in [0, 0.1) is 6.92 Å². The molecular weight excluding hydrogens is 275 g/mol. The molecule has 0 aliphatic heterocycles. The second-order valence-corrected chi connectivity index (χ2v) is 4.86. The fourth-order valence-corrected chi connectivity index (χ4v) is 2.56. The summed E-state index contributed by atoms with van der Waals surface area (Å²) in [6, 6.07) is 3.52. The van der Waals surface area contributed by atoms with Crippen LogP contribution in [0.2, 0.25) is 10.0 Å². The minimum atomic E-state index is -1.02. The van der Waals surface area contributed by atoms with Crippen molar-refractivity contribution in [2.45, 2.75) is 13.3 Å². The summed E-state index contributed by atoms with van der Waals surface area (Å²) in [6.07, 6.45) is -0.432. The standard InChI is InChI=1S/C12H12Cl2N2O2/c1-6-8(2-3-15-12(17)18)9-4-7(13)5-10(14)11(9)16-6/h4-5,15-16H,2-3H2,1H3,(H,17,18). The van der Waals surface area contributed by atoms with Crippen LogP contribution in [0.15, 0.2) is 12.1 Å². The minimum absolute atomic E-state index is 0.354. The molecule has 0 spiro atoms. The summed E-state index contributed by atoms with van der Waals surface area (Å²) in [4.78, 5) is 13.6. The maximum Gasteiger partial charge on any atom is 0.404 e. The zero-order chi connectivity index (χ0) is 13.3. The van der Waals surface area contributed by atoms with Crippen molar-refractivity contribution in [3.63, 3.8) is 0 Å². The Bertz CT molecular complexity index is 608. The van der Waals surface area contributed by atoms with Crippen LogP contribution in [-0.4, -0.2) is 22.7 Å². The summed E-state index contributed by atoms with van der Waals surface area (Å²) in [5, 5.41) is 13.0. The number of rotatable bonds is 3. The van der Waals surface area contributed by atoms with Crippen LogP contribution in [0.1, 0.15) is 11.3 Å². The summed E-state index contributed by atoms with van der Waals surface area (Å²) < 4.78 is 0. The van der Waals surface area contributed by atoms with Gasteiger partial charge in [-0.2, -0.15) is 0 Å². The lowest BCUT2D eigenvalue weighted by molar-refractivity contribution is 0.194. The maximum atomic E-state index is 10.4. The van der Waals surface area contributed by atoms with E-state index in [0.29, 0.717) is 23.0 Å². The van der Waals surface area contributed by atoms with E-state index in [1.807, 2.05) is 13.0 Å². The van der Waals surface area contributed by atoms with Crippen molar-refractivity contribution < 1.29 is 9.90 Å². The summed E-state index contributed by atoms with van der Waals surface area (Å²) in [5.74, 6) is 0. The number of H-pyrrole nitrogens is 1. The van der Waals surface area contributed by atoms with Gasteiger partial charge in [0.15, 0.2) is 0 Å². The molecule has 18 heavy (non-hydrogen) atoms. The Morgan fingerprint density at radius 1 is 1.44 bits per heavy atom. The van der Waals surface area contributed by atoms with Crippen LogP contribution < -0.4 is 5.32 Å². The highest BCUT2D eigenvalue weighted by molar-refractivity contribution is 6.38. The van der Waals surface area contributed by atoms with Crippen molar-refractivity contribution in [3.05, 3.63) is 33.4 Å². The number of fused-ring (bicyclic) bond motifs is 1. The maximum absolute atomic E-state index is 10.4. The molecule has 1 aromatic heterocycles. The summed E-state index contributed by atoms with van der Waals surface area (Å²) >= 11 is 12.1. The monoisotopic (exact) mass is 286 g/mol. The van der Waals surface area contributed by atoms with E-state index < -0.39 is 6.09 Å². The van der Waals surface area contributed by atoms with Gasteiger partial charge in [-0.15, -0.1) is 0 Å². The Kier molecular flexibility index (Phi) is 3.68. The molecule has 0 saturated carbocycles. The van der Waals surface area contributed by atoms with Gasteiger partial charge in [-0.25, -0.2) is 4.79 Å². The van der Waals surface area contributed by atoms with E-state index in [-0.39, 0.29) is 0 Å². The molecule has 0 aliphatic rings. The second kappa shape index (κ2) is 5.08. The van der Waals surface area contributed by atoms with Gasteiger partial charge in [-0.3, -0.25) is 0 Å². The second-order valence-electron chi connectivity index (χ2n) is 4.02. The number of benzene rings is 1. The number of amides is 1. The molecule has 6 heteroatoms. The third kappa shape index (κ3) is 2.54. The number of nitrogens with one attached hydrogen (secondary N) is 2. The van der Waals surface area contributed by atoms with Gasteiger partial charge in [0.25, 0.3) is 0 Å². The molecule has 96 valence electrons. The van der Waals surface area contributed by atoms with Crippen LogP contribution >= 0.6 is 23.2 Å². The van der Waals surface area contributed by atoms with Crippen molar-refractivity contribution in [2.75, 3.05) is 6.54 Å². The molecule has 3 N–H and O–H groups in total. The molecule has 1 heterocycles. The molecule has 0 fully saturated rings. The normalized spacial score (nSPS) is 10.8. The Hall–Kier alpha value is -1.39. The van der Waals surface area contributed by atoms with Crippen LogP contribution in [0.4, 0.5) is 4.79 Å². The number of hydrogen-bond acceptors (Lipinski definition) is 1. The average Bonchev–Trinajstić information content (AvgIpc) is 2.56. The van der Waals surface area contributed by atoms with Crippen LogP contribution in [0.3, 0.4) is 0 Å². The summed E-state index contributed by atoms with van der Waals surface area (Å²) in [6.45, 7) is 2.29. The SMILES string of the molecule is Cc1[nH]c2c(Cl)cc(Cl)cc2c1CCNC(=O)O. The van der Waals surface area contributed by atoms with Crippen LogP contribution in [-0.2, 0) is 6.42 Å². The lowest BCUT2D eigenvalue weighted by Crippen LogP contribution is -2.23. The van der Waals surface area contributed by atoms with Gasteiger partial charge in [0.2, 0.25) is 0 Å². The third-order valence-corrected chi connectivity index (χ3v) is 3.31. The third-order valence-electron chi connectivity index (χ3n) is 2.80. The van der Waals surface area contributed by atoms with E-state index in [1.165, 1.54) is 0 Å². The van der Waals surface area contributed by atoms with Gasteiger partial charge in [-0.1, -0.05) is 23.2 Å². The van der Waals surface area contributed by atoms with Crippen molar-refractivity contribution in [1.82, 2.24) is 10.3 Å². The lowest BCUT2D eigenvalue weighted by Gasteiger charge is -2.02. The average molecular weight is 287 g/mol. The van der Waals surface area contributed by atoms with Gasteiger partial charge in [0, 0.05) is 22.6 Å². The van der Waals surface area contributed by atoms with E-state index in [4.69, 9.17) is 28.3 Å². The molecule has 0 bridgehead atoms. The minimum Gasteiger partial charge on any atom is -0.465 e. The predicted molar refractivity (Wildman–Crippen MR) is 72.8 cm³/mol. The number of hydrogen-bond donors (Lipinski definition) is 3. The first-order valence-electron chi connectivity index (χ1n) is 5.42. The zero-order valence-electron chi connectivity index (χ0n) is 9.68. The van der Waals surface area contributed by atoms with E-state index in [9.17, 15) is 4.79 Å². The molecule has 1 aromatic carbocycles. The Labute approximate surface area is 114 Å². The Morgan fingerprint density at radius 3 is 2.83 bits per heavy atom. The van der Waals surface area contributed by atoms with Crippen molar-refractivity contribution in [1.29, 1.82) is 0 Å². The molecule has 0 aliphatic carbocycles. The zero-order valence-corrected chi connectivity index (χ0v) is 11.2. The van der Waals surface area contributed by atoms with Gasteiger partial charge >= 0.3 is 6.09 Å². The highest BCUT2D eigenvalue weighted by Gasteiger charge is 2.12. The largest absolute Gasteiger partial charge is 0.465 e. The summed E-state index contributed by atoms with van der Waals surface area (Å²) in [5.41, 5.74) is 2.84. The molecule has 0 saturated heterocycles. The highest BCUT2D eigenvalue weighted by Crippen LogP contribution is 2.31. The topological polar surface area (TPSA) is 65.1 Å². The number of carboxylic acid groups (broad SMARTS) is 1. The summed E-state index contributed by atoms with van der Waals surface area (Å²) in [7, 11) is 0. The van der Waals surface area contributed by atoms with Crippen molar-refractivity contribution in [3.8, 4) is 0 Å².